The van der Waals surface area contributed by atoms with Gasteiger partial charge < -0.3 is 20.6 Å². The van der Waals surface area contributed by atoms with Crippen LogP contribution in [0.1, 0.15) is 96.4 Å². The van der Waals surface area contributed by atoms with Crippen molar-refractivity contribution in [2.45, 2.75) is 95.4 Å². The third kappa shape index (κ3) is 7.97. The van der Waals surface area contributed by atoms with Crippen LogP contribution < -0.4 is 16.0 Å². The summed E-state index contributed by atoms with van der Waals surface area (Å²) in [6.45, 7) is 2.30. The molecule has 1 aromatic heterocycles. The van der Waals surface area contributed by atoms with Gasteiger partial charge in [0.1, 0.15) is 6.04 Å². The first-order valence-corrected chi connectivity index (χ1v) is 20.2. The lowest BCUT2D eigenvalue weighted by Crippen LogP contribution is -2.52. The Labute approximate surface area is 327 Å². The lowest BCUT2D eigenvalue weighted by atomic mass is 9.82. The molecule has 0 radical (unpaired) electrons. The molecule has 4 atom stereocenters. The van der Waals surface area contributed by atoms with Gasteiger partial charge >= 0.3 is 0 Å². The van der Waals surface area contributed by atoms with Crippen molar-refractivity contribution in [1.29, 1.82) is 0 Å². The molecular weight excluding hydrogens is 705 g/mol. The molecule has 5 heterocycles. The molecule has 56 heavy (non-hydrogen) atoms. The van der Waals surface area contributed by atoms with E-state index < -0.39 is 6.04 Å². The van der Waals surface area contributed by atoms with Crippen LogP contribution in [0, 0.1) is 5.92 Å². The number of aryl methyl sites for hydroxylation is 1. The molecule has 0 aliphatic carbocycles. The lowest BCUT2D eigenvalue weighted by molar-refractivity contribution is -0.137. The normalized spacial score (nSPS) is 21.6. The van der Waals surface area contributed by atoms with Crippen molar-refractivity contribution in [2.75, 3.05) is 23.8 Å². The molecule has 2 saturated heterocycles. The Morgan fingerprint density at radius 3 is 2.54 bits per heavy atom. The van der Waals surface area contributed by atoms with Crippen molar-refractivity contribution >= 4 is 35.0 Å². The van der Waals surface area contributed by atoms with E-state index in [-0.39, 0.29) is 48.7 Å². The SMILES string of the molecule is O=C1CCC(N2Cc3c(CCCCCCCC(=O)Nc4cccc(-c5ccc6c(c5)[C@H]5[C@H](CCN5Cc5ccncc5)[C@@H](CO)N6)c4)cccc3C2=O)C(=O)N1. The summed E-state index contributed by atoms with van der Waals surface area (Å²) in [7, 11) is 0. The predicted molar refractivity (Wildman–Crippen MR) is 214 cm³/mol. The van der Waals surface area contributed by atoms with Crippen LogP contribution in [0.4, 0.5) is 11.4 Å². The van der Waals surface area contributed by atoms with E-state index in [1.165, 1.54) is 11.1 Å². The van der Waals surface area contributed by atoms with Gasteiger partial charge in [0.2, 0.25) is 17.7 Å². The molecule has 1 unspecified atom stereocenters. The first-order chi connectivity index (χ1) is 27.4. The molecule has 3 aromatic carbocycles. The molecule has 4 aliphatic heterocycles. The van der Waals surface area contributed by atoms with Crippen molar-refractivity contribution in [3.63, 3.8) is 0 Å². The van der Waals surface area contributed by atoms with Crippen molar-refractivity contribution in [3.8, 4) is 11.1 Å². The number of rotatable bonds is 14. The fraction of sp³-hybridized carbons (Fsp3) is 0.400. The van der Waals surface area contributed by atoms with Gasteiger partial charge in [0, 0.05) is 67.2 Å². The zero-order valence-corrected chi connectivity index (χ0v) is 31.7. The van der Waals surface area contributed by atoms with Crippen molar-refractivity contribution in [1.82, 2.24) is 20.1 Å². The number of likely N-dealkylation sites (tertiary alicyclic amines) is 1. The maximum Gasteiger partial charge on any atom is 0.255 e. The number of aliphatic hydroxyl groups excluding tert-OH is 1. The summed E-state index contributed by atoms with van der Waals surface area (Å²) in [5, 5.41) is 19.3. The van der Waals surface area contributed by atoms with E-state index >= 15 is 0 Å². The number of hydrogen-bond acceptors (Lipinski definition) is 8. The molecule has 4 amide bonds. The number of unbranched alkanes of at least 4 members (excludes halogenated alkanes) is 4. The summed E-state index contributed by atoms with van der Waals surface area (Å²) in [4.78, 5) is 58.5. The number of fused-ring (bicyclic) bond motifs is 4. The minimum Gasteiger partial charge on any atom is -0.394 e. The van der Waals surface area contributed by atoms with E-state index in [1.54, 1.807) is 4.90 Å². The number of anilines is 2. The lowest BCUT2D eigenvalue weighted by Gasteiger charge is -2.39. The molecule has 0 saturated carbocycles. The van der Waals surface area contributed by atoms with Gasteiger partial charge in [0.05, 0.1) is 12.6 Å². The fourth-order valence-corrected chi connectivity index (χ4v) is 9.25. The van der Waals surface area contributed by atoms with Gasteiger partial charge in [-0.3, -0.25) is 34.4 Å². The van der Waals surface area contributed by atoms with Gasteiger partial charge in [-0.1, -0.05) is 49.6 Å². The molecule has 8 rings (SSSR count). The Morgan fingerprint density at radius 2 is 1.70 bits per heavy atom. The van der Waals surface area contributed by atoms with E-state index in [4.69, 9.17) is 0 Å². The maximum atomic E-state index is 13.1. The van der Waals surface area contributed by atoms with Crippen LogP contribution in [0.25, 0.3) is 11.1 Å². The largest absolute Gasteiger partial charge is 0.394 e. The number of hydrogen-bond donors (Lipinski definition) is 4. The Kier molecular flexibility index (Phi) is 11.2. The average Bonchev–Trinajstić information content (AvgIpc) is 3.78. The van der Waals surface area contributed by atoms with E-state index in [9.17, 15) is 24.3 Å². The predicted octanol–water partition coefficient (Wildman–Crippen LogP) is 6.38. The first-order valence-electron chi connectivity index (χ1n) is 20.2. The fourth-order valence-electron chi connectivity index (χ4n) is 9.25. The van der Waals surface area contributed by atoms with Crippen LogP contribution in [0.5, 0.6) is 0 Å². The summed E-state index contributed by atoms with van der Waals surface area (Å²) in [6, 6.07) is 24.1. The van der Waals surface area contributed by atoms with Crippen molar-refractivity contribution in [3.05, 3.63) is 113 Å². The minimum absolute atomic E-state index is 0.0115. The molecule has 2 fully saturated rings. The van der Waals surface area contributed by atoms with Crippen LogP contribution in [-0.4, -0.2) is 68.8 Å². The first kappa shape index (κ1) is 37.5. The molecule has 11 heteroatoms. The summed E-state index contributed by atoms with van der Waals surface area (Å²) in [6.07, 6.45) is 11.4. The van der Waals surface area contributed by atoms with Crippen LogP contribution in [0.15, 0.2) is 85.2 Å². The molecule has 11 nitrogen and oxygen atoms in total. The highest BCUT2D eigenvalue weighted by molar-refractivity contribution is 6.05. The smallest absolute Gasteiger partial charge is 0.255 e. The number of piperidine rings is 1. The number of pyridine rings is 1. The Hall–Kier alpha value is -5.39. The zero-order chi connectivity index (χ0) is 38.6. The van der Waals surface area contributed by atoms with Gasteiger partial charge in [-0.25, -0.2) is 0 Å². The van der Waals surface area contributed by atoms with Crippen LogP contribution >= 0.6 is 0 Å². The van der Waals surface area contributed by atoms with Crippen LogP contribution in [-0.2, 0) is 33.9 Å². The average molecular weight is 755 g/mol. The van der Waals surface area contributed by atoms with Gasteiger partial charge in [-0.15, -0.1) is 0 Å². The number of carbonyl (C=O) groups excluding carboxylic acids is 4. The Balaban J connectivity index is 0.812. The molecule has 0 bridgehead atoms. The summed E-state index contributed by atoms with van der Waals surface area (Å²) >= 11 is 0. The molecular formula is C45H50N6O5. The van der Waals surface area contributed by atoms with E-state index in [1.807, 2.05) is 42.7 Å². The summed E-state index contributed by atoms with van der Waals surface area (Å²) in [5.74, 6) is -0.487. The van der Waals surface area contributed by atoms with Crippen molar-refractivity contribution < 1.29 is 24.3 Å². The molecule has 4 aliphatic rings. The second-order valence-corrected chi connectivity index (χ2v) is 15.7. The topological polar surface area (TPSA) is 144 Å². The number of imide groups is 1. The summed E-state index contributed by atoms with van der Waals surface area (Å²) in [5.41, 5.74) is 9.26. The number of nitrogens with one attached hydrogen (secondary N) is 3. The van der Waals surface area contributed by atoms with Crippen molar-refractivity contribution in [2.24, 2.45) is 5.92 Å². The number of nitrogens with zero attached hydrogens (tertiary/aromatic N) is 3. The van der Waals surface area contributed by atoms with Gasteiger partial charge in [0.25, 0.3) is 5.91 Å². The number of amides is 4. The quantitative estimate of drug-likeness (QED) is 0.0858. The van der Waals surface area contributed by atoms with Gasteiger partial charge in [-0.05, 0) is 114 Å². The van der Waals surface area contributed by atoms with Crippen LogP contribution in [0.3, 0.4) is 0 Å². The van der Waals surface area contributed by atoms with Crippen LogP contribution in [0.2, 0.25) is 0 Å². The third-order valence-electron chi connectivity index (χ3n) is 12.1. The highest BCUT2D eigenvalue weighted by Crippen LogP contribution is 2.48. The van der Waals surface area contributed by atoms with Gasteiger partial charge in [0.15, 0.2) is 0 Å². The Morgan fingerprint density at radius 1 is 0.893 bits per heavy atom. The standard InChI is InChI=1S/C45H50N6O5/c52-28-39-35-20-23-50(26-29-18-21-46-22-19-29)43(35)36-25-32(14-15-38(36)48-39)31-10-6-11-33(24-31)47-41(53)13-5-3-1-2-4-8-30-9-7-12-34-37(30)27-51(45(34)56)40-16-17-42(54)49-44(40)55/h6-7,9-12,14-15,18-19,21-22,24-25,35,39-40,43,48,52H,1-5,8,13,16-17,20,23,26-28H2,(H,47,53)(H,49,54,55)/t35-,39-,40?,43-/m1/s1. The maximum absolute atomic E-state index is 13.1. The zero-order valence-electron chi connectivity index (χ0n) is 31.7. The monoisotopic (exact) mass is 754 g/mol. The Bertz CT molecular complexity index is 2110. The molecule has 0 spiro atoms. The number of benzene rings is 3. The number of carbonyl (C=O) groups is 4. The molecule has 4 N–H and O–H groups in total. The second-order valence-electron chi connectivity index (χ2n) is 15.7. The van der Waals surface area contributed by atoms with E-state index in [0.29, 0.717) is 30.9 Å². The molecule has 4 aromatic rings. The second kappa shape index (κ2) is 16.8. The third-order valence-corrected chi connectivity index (χ3v) is 12.1. The minimum atomic E-state index is -0.605. The summed E-state index contributed by atoms with van der Waals surface area (Å²) < 4.78 is 0. The number of aliphatic hydroxyl groups is 1. The highest BCUT2D eigenvalue weighted by atomic mass is 16.3. The van der Waals surface area contributed by atoms with E-state index in [2.05, 4.69) is 68.3 Å². The molecule has 290 valence electrons. The highest BCUT2D eigenvalue weighted by Gasteiger charge is 2.44. The number of aromatic nitrogens is 1. The van der Waals surface area contributed by atoms with E-state index in [0.717, 1.165) is 91.7 Å². The van der Waals surface area contributed by atoms with Gasteiger partial charge in [-0.2, -0.15) is 0 Å².